The van der Waals surface area contributed by atoms with Crippen LogP contribution in [0, 0.1) is 0 Å². The number of ether oxygens (including phenoxy) is 1. The molecule has 1 heterocycles. The third kappa shape index (κ3) is 5.22. The molecule has 0 aliphatic carbocycles. The van der Waals surface area contributed by atoms with Crippen molar-refractivity contribution in [2.75, 3.05) is 6.61 Å². The summed E-state index contributed by atoms with van der Waals surface area (Å²) in [5.41, 5.74) is 2.59. The normalized spacial score (nSPS) is 10.7. The van der Waals surface area contributed by atoms with E-state index in [1.54, 1.807) is 37.3 Å². The molecule has 0 saturated heterocycles. The Hall–Kier alpha value is -2.14. The van der Waals surface area contributed by atoms with Crippen LogP contribution in [0.5, 0.6) is 0 Å². The molecule has 0 fully saturated rings. The predicted molar refractivity (Wildman–Crippen MR) is 115 cm³/mol. The summed E-state index contributed by atoms with van der Waals surface area (Å²) < 4.78 is 5.08. The molecule has 0 N–H and O–H groups in total. The van der Waals surface area contributed by atoms with Gasteiger partial charge in [-0.3, -0.25) is 9.59 Å². The maximum atomic E-state index is 12.8. The van der Waals surface area contributed by atoms with Crippen molar-refractivity contribution in [3.8, 4) is 10.4 Å². The zero-order chi connectivity index (χ0) is 20.1. The third-order valence-electron chi connectivity index (χ3n) is 4.11. The second kappa shape index (κ2) is 9.37. The van der Waals surface area contributed by atoms with Crippen molar-refractivity contribution in [3.63, 3.8) is 0 Å². The smallest absolute Gasteiger partial charge is 0.310 e. The zero-order valence-corrected chi connectivity index (χ0v) is 17.5. The van der Waals surface area contributed by atoms with Gasteiger partial charge in [0.25, 0.3) is 0 Å². The van der Waals surface area contributed by atoms with Crippen LogP contribution in [0.1, 0.15) is 27.7 Å². The van der Waals surface area contributed by atoms with Crippen LogP contribution in [-0.4, -0.2) is 18.4 Å². The lowest BCUT2D eigenvalue weighted by Gasteiger charge is -2.04. The molecule has 0 atom stereocenters. The van der Waals surface area contributed by atoms with E-state index in [9.17, 15) is 9.59 Å². The Balaban J connectivity index is 1.90. The molecular formula is C22H18Cl2O3S. The van der Waals surface area contributed by atoms with Crippen LogP contribution < -0.4 is 0 Å². The standard InChI is InChI=1S/C22H18Cl2O3S/c1-2-27-21(26)13-16-12-20(19(25)11-14-3-7-17(23)8-4-14)28-22(16)15-5-9-18(24)10-6-15/h3-10,12H,2,11,13H2,1H3. The largest absolute Gasteiger partial charge is 0.466 e. The average molecular weight is 433 g/mol. The molecule has 3 aromatic rings. The number of benzene rings is 2. The van der Waals surface area contributed by atoms with E-state index < -0.39 is 0 Å². The summed E-state index contributed by atoms with van der Waals surface area (Å²) >= 11 is 13.3. The lowest BCUT2D eigenvalue weighted by Crippen LogP contribution is -2.07. The van der Waals surface area contributed by atoms with Crippen LogP contribution >= 0.6 is 34.5 Å². The number of Topliss-reactive ketones (excluding diaryl/α,β-unsaturated/α-hetero) is 1. The van der Waals surface area contributed by atoms with Gasteiger partial charge in [-0.15, -0.1) is 11.3 Å². The van der Waals surface area contributed by atoms with Gasteiger partial charge in [-0.1, -0.05) is 47.5 Å². The second-order valence-corrected chi connectivity index (χ2v) is 8.11. The molecule has 3 rings (SSSR count). The Bertz CT molecular complexity index is 976. The number of carbonyl (C=O) groups is 2. The fraction of sp³-hybridized carbons (Fsp3) is 0.182. The van der Waals surface area contributed by atoms with Crippen molar-refractivity contribution < 1.29 is 14.3 Å². The van der Waals surface area contributed by atoms with Crippen LogP contribution in [0.2, 0.25) is 10.0 Å². The molecule has 0 unspecified atom stereocenters. The van der Waals surface area contributed by atoms with E-state index in [0.717, 1.165) is 21.6 Å². The van der Waals surface area contributed by atoms with Crippen LogP contribution in [0.3, 0.4) is 0 Å². The minimum atomic E-state index is -0.313. The van der Waals surface area contributed by atoms with E-state index >= 15 is 0 Å². The molecule has 0 aliphatic rings. The van der Waals surface area contributed by atoms with Gasteiger partial charge in [0.05, 0.1) is 17.9 Å². The maximum Gasteiger partial charge on any atom is 0.310 e. The minimum Gasteiger partial charge on any atom is -0.466 e. The molecule has 1 aromatic heterocycles. The van der Waals surface area contributed by atoms with E-state index in [1.165, 1.54) is 11.3 Å². The molecule has 3 nitrogen and oxygen atoms in total. The summed E-state index contributed by atoms with van der Waals surface area (Å²) in [6, 6.07) is 16.4. The average Bonchev–Trinajstić information content (AvgIpc) is 3.08. The molecular weight excluding hydrogens is 415 g/mol. The number of esters is 1. The first-order chi connectivity index (χ1) is 13.5. The van der Waals surface area contributed by atoms with E-state index in [2.05, 4.69) is 0 Å². The molecule has 0 radical (unpaired) electrons. The lowest BCUT2D eigenvalue weighted by atomic mass is 10.0. The summed E-state index contributed by atoms with van der Waals surface area (Å²) in [6.45, 7) is 2.09. The highest BCUT2D eigenvalue weighted by Crippen LogP contribution is 2.35. The number of ketones is 1. The van der Waals surface area contributed by atoms with Crippen LogP contribution in [0.25, 0.3) is 10.4 Å². The van der Waals surface area contributed by atoms with Gasteiger partial charge in [-0.05, 0) is 53.9 Å². The molecule has 0 aliphatic heterocycles. The molecule has 0 bridgehead atoms. The lowest BCUT2D eigenvalue weighted by molar-refractivity contribution is -0.142. The highest BCUT2D eigenvalue weighted by molar-refractivity contribution is 7.17. The number of hydrogen-bond donors (Lipinski definition) is 0. The van der Waals surface area contributed by atoms with Crippen molar-refractivity contribution in [2.24, 2.45) is 0 Å². The first kappa shape index (κ1) is 20.6. The number of rotatable bonds is 7. The van der Waals surface area contributed by atoms with E-state index in [-0.39, 0.29) is 24.6 Å². The summed E-state index contributed by atoms with van der Waals surface area (Å²) in [5.74, 6) is -0.315. The van der Waals surface area contributed by atoms with Gasteiger partial charge in [-0.25, -0.2) is 0 Å². The quantitative estimate of drug-likeness (QED) is 0.327. The highest BCUT2D eigenvalue weighted by atomic mass is 35.5. The van der Waals surface area contributed by atoms with Crippen LogP contribution in [0.15, 0.2) is 54.6 Å². The minimum absolute atomic E-state index is 0.00218. The number of hydrogen-bond acceptors (Lipinski definition) is 4. The van der Waals surface area contributed by atoms with Gasteiger partial charge < -0.3 is 4.74 Å². The van der Waals surface area contributed by atoms with Crippen molar-refractivity contribution in [1.29, 1.82) is 0 Å². The Labute approximate surface area is 177 Å². The molecule has 0 saturated carbocycles. The van der Waals surface area contributed by atoms with Crippen molar-refractivity contribution in [1.82, 2.24) is 0 Å². The van der Waals surface area contributed by atoms with Gasteiger partial charge in [0, 0.05) is 21.3 Å². The van der Waals surface area contributed by atoms with Crippen LogP contribution in [0.4, 0.5) is 0 Å². The van der Waals surface area contributed by atoms with Crippen LogP contribution in [-0.2, 0) is 22.4 Å². The second-order valence-electron chi connectivity index (χ2n) is 6.18. The fourth-order valence-electron chi connectivity index (χ4n) is 2.79. The molecule has 144 valence electrons. The van der Waals surface area contributed by atoms with E-state index in [0.29, 0.717) is 21.5 Å². The van der Waals surface area contributed by atoms with Crippen molar-refractivity contribution in [3.05, 3.63) is 80.6 Å². The molecule has 2 aromatic carbocycles. The van der Waals surface area contributed by atoms with Crippen molar-refractivity contribution >= 4 is 46.3 Å². The van der Waals surface area contributed by atoms with Crippen molar-refractivity contribution in [2.45, 2.75) is 19.8 Å². The summed E-state index contributed by atoms with van der Waals surface area (Å²) in [6.07, 6.45) is 0.396. The molecule has 0 amide bonds. The topological polar surface area (TPSA) is 43.4 Å². The summed E-state index contributed by atoms with van der Waals surface area (Å²) in [7, 11) is 0. The SMILES string of the molecule is CCOC(=O)Cc1cc(C(=O)Cc2ccc(Cl)cc2)sc1-c1ccc(Cl)cc1. The van der Waals surface area contributed by atoms with Gasteiger partial charge in [-0.2, -0.15) is 0 Å². The Morgan fingerprint density at radius 1 is 0.929 bits per heavy atom. The highest BCUT2D eigenvalue weighted by Gasteiger charge is 2.19. The Morgan fingerprint density at radius 2 is 1.54 bits per heavy atom. The maximum absolute atomic E-state index is 12.8. The summed E-state index contributed by atoms with van der Waals surface area (Å²) in [5, 5.41) is 1.26. The summed E-state index contributed by atoms with van der Waals surface area (Å²) in [4.78, 5) is 26.3. The van der Waals surface area contributed by atoms with Gasteiger partial charge in [0.1, 0.15) is 0 Å². The monoisotopic (exact) mass is 432 g/mol. The Kier molecular flexibility index (Phi) is 6.89. The molecule has 28 heavy (non-hydrogen) atoms. The van der Waals surface area contributed by atoms with Gasteiger partial charge in [0.2, 0.25) is 0 Å². The molecule has 0 spiro atoms. The molecule has 6 heteroatoms. The number of thiophene rings is 1. The van der Waals surface area contributed by atoms with Gasteiger partial charge >= 0.3 is 5.97 Å². The number of halogens is 2. The predicted octanol–water partition coefficient (Wildman–Crippen LogP) is 6.25. The first-order valence-electron chi connectivity index (χ1n) is 8.78. The fourth-order valence-corrected chi connectivity index (χ4v) is 4.16. The van der Waals surface area contributed by atoms with E-state index in [4.69, 9.17) is 27.9 Å². The first-order valence-corrected chi connectivity index (χ1v) is 10.4. The van der Waals surface area contributed by atoms with E-state index in [1.807, 2.05) is 24.3 Å². The Morgan fingerprint density at radius 3 is 2.14 bits per heavy atom. The zero-order valence-electron chi connectivity index (χ0n) is 15.2. The van der Waals surface area contributed by atoms with Gasteiger partial charge in [0.15, 0.2) is 5.78 Å². The third-order valence-corrected chi connectivity index (χ3v) is 5.88. The number of carbonyl (C=O) groups excluding carboxylic acids is 2.